The van der Waals surface area contributed by atoms with Crippen LogP contribution in [0.25, 0.3) is 0 Å². The molecule has 1 aliphatic rings. The third-order valence-electron chi connectivity index (χ3n) is 4.31. The second kappa shape index (κ2) is 6.68. The Labute approximate surface area is 119 Å². The summed E-state index contributed by atoms with van der Waals surface area (Å²) < 4.78 is 0. The Hall–Kier alpha value is -1.65. The molecule has 1 aromatic rings. The second-order valence-electron chi connectivity index (χ2n) is 5.75. The minimum absolute atomic E-state index is 0.0674. The lowest BCUT2D eigenvalue weighted by atomic mass is 9.81. The van der Waals surface area contributed by atoms with E-state index in [1.165, 1.54) is 38.2 Å². The first-order valence-electron chi connectivity index (χ1n) is 7.46. The zero-order valence-electron chi connectivity index (χ0n) is 12.3. The molecule has 20 heavy (non-hydrogen) atoms. The summed E-state index contributed by atoms with van der Waals surface area (Å²) in [5.41, 5.74) is 0.866. The highest BCUT2D eigenvalue weighted by atomic mass is 16.6. The molecule has 2 rings (SSSR count). The number of rotatable bonds is 5. The number of nitro groups is 1. The van der Waals surface area contributed by atoms with Crippen LogP contribution >= 0.6 is 0 Å². The number of nitrogens with zero attached hydrogens (tertiary/aromatic N) is 2. The van der Waals surface area contributed by atoms with Gasteiger partial charge in [-0.25, -0.2) is 4.98 Å². The molecule has 5 nitrogen and oxygen atoms in total. The molecule has 0 unspecified atom stereocenters. The van der Waals surface area contributed by atoms with Crippen molar-refractivity contribution in [3.8, 4) is 0 Å². The van der Waals surface area contributed by atoms with E-state index in [4.69, 9.17) is 0 Å². The van der Waals surface area contributed by atoms with Crippen molar-refractivity contribution in [2.75, 3.05) is 11.9 Å². The zero-order chi connectivity index (χ0) is 14.5. The fraction of sp³-hybridized carbons (Fsp3) is 0.667. The van der Waals surface area contributed by atoms with Gasteiger partial charge < -0.3 is 5.32 Å². The lowest BCUT2D eigenvalue weighted by molar-refractivity contribution is -0.384. The first kappa shape index (κ1) is 14.8. The minimum Gasteiger partial charge on any atom is -0.364 e. The first-order valence-corrected chi connectivity index (χ1v) is 7.46. The molecule has 5 heteroatoms. The number of pyridine rings is 1. The van der Waals surface area contributed by atoms with Gasteiger partial charge in [0, 0.05) is 18.3 Å². The standard InChI is InChI=1S/C15H23N3O2/c1-3-12-5-7-13(8-6-12)10-16-15-14(18(19)20)9-4-11(2)17-15/h4,9,12-13H,3,5-8,10H2,1-2H3,(H,16,17). The third-order valence-corrected chi connectivity index (χ3v) is 4.31. The molecule has 0 aromatic carbocycles. The third kappa shape index (κ3) is 3.68. The summed E-state index contributed by atoms with van der Waals surface area (Å²) in [5, 5.41) is 14.2. The Morgan fingerprint density at radius 3 is 2.55 bits per heavy atom. The number of hydrogen-bond acceptors (Lipinski definition) is 4. The van der Waals surface area contributed by atoms with Crippen LogP contribution in [0.1, 0.15) is 44.7 Å². The van der Waals surface area contributed by atoms with Gasteiger partial charge in [0.05, 0.1) is 4.92 Å². The lowest BCUT2D eigenvalue weighted by Gasteiger charge is -2.27. The lowest BCUT2D eigenvalue weighted by Crippen LogP contribution is -2.21. The van der Waals surface area contributed by atoms with Crippen LogP contribution in [-0.4, -0.2) is 16.5 Å². The van der Waals surface area contributed by atoms with E-state index in [2.05, 4.69) is 17.2 Å². The molecule has 0 atom stereocenters. The maximum absolute atomic E-state index is 11.0. The van der Waals surface area contributed by atoms with E-state index >= 15 is 0 Å². The van der Waals surface area contributed by atoms with Gasteiger partial charge in [-0.05, 0) is 37.7 Å². The van der Waals surface area contributed by atoms with Crippen molar-refractivity contribution >= 4 is 11.5 Å². The number of aromatic nitrogens is 1. The van der Waals surface area contributed by atoms with E-state index in [9.17, 15) is 10.1 Å². The summed E-state index contributed by atoms with van der Waals surface area (Å²) in [7, 11) is 0. The predicted molar refractivity (Wildman–Crippen MR) is 79.9 cm³/mol. The second-order valence-corrected chi connectivity index (χ2v) is 5.75. The van der Waals surface area contributed by atoms with E-state index in [-0.39, 0.29) is 10.6 Å². The van der Waals surface area contributed by atoms with Gasteiger partial charge in [-0.2, -0.15) is 0 Å². The molecule has 0 spiro atoms. The molecule has 1 aromatic heterocycles. The smallest absolute Gasteiger partial charge is 0.311 e. The van der Waals surface area contributed by atoms with Crippen molar-refractivity contribution < 1.29 is 4.92 Å². The van der Waals surface area contributed by atoms with Crippen molar-refractivity contribution in [3.63, 3.8) is 0 Å². The molecule has 0 amide bonds. The molecule has 0 bridgehead atoms. The van der Waals surface area contributed by atoms with Crippen molar-refractivity contribution in [2.45, 2.75) is 46.0 Å². The number of anilines is 1. The number of hydrogen-bond donors (Lipinski definition) is 1. The van der Waals surface area contributed by atoms with E-state index in [1.54, 1.807) is 6.07 Å². The zero-order valence-corrected chi connectivity index (χ0v) is 12.3. The highest BCUT2D eigenvalue weighted by molar-refractivity contribution is 5.56. The molecule has 1 fully saturated rings. The van der Waals surface area contributed by atoms with Crippen LogP contribution in [0.15, 0.2) is 12.1 Å². The monoisotopic (exact) mass is 277 g/mol. The van der Waals surface area contributed by atoms with Crippen molar-refractivity contribution in [3.05, 3.63) is 27.9 Å². The van der Waals surface area contributed by atoms with Crippen molar-refractivity contribution in [1.82, 2.24) is 4.98 Å². The SMILES string of the molecule is CCC1CCC(CNc2nc(C)ccc2[N+](=O)[O-])CC1. The normalized spacial score (nSPS) is 22.5. The number of nitrogens with one attached hydrogen (secondary N) is 1. The molecule has 110 valence electrons. The van der Waals surface area contributed by atoms with E-state index < -0.39 is 0 Å². The highest BCUT2D eigenvalue weighted by Gasteiger charge is 2.21. The van der Waals surface area contributed by atoms with Gasteiger partial charge in [-0.1, -0.05) is 26.2 Å². The van der Waals surface area contributed by atoms with Crippen LogP contribution in [0.3, 0.4) is 0 Å². The highest BCUT2D eigenvalue weighted by Crippen LogP contribution is 2.31. The molecular formula is C15H23N3O2. The van der Waals surface area contributed by atoms with E-state index in [0.717, 1.165) is 18.2 Å². The first-order chi connectivity index (χ1) is 9.60. The Morgan fingerprint density at radius 1 is 1.30 bits per heavy atom. The molecule has 0 aliphatic heterocycles. The van der Waals surface area contributed by atoms with Crippen LogP contribution in [0.4, 0.5) is 11.5 Å². The van der Waals surface area contributed by atoms with Crippen LogP contribution in [0.5, 0.6) is 0 Å². The molecule has 1 saturated carbocycles. The molecule has 0 radical (unpaired) electrons. The Balaban J connectivity index is 1.94. The molecule has 1 heterocycles. The Bertz CT molecular complexity index is 468. The molecule has 1 aliphatic carbocycles. The van der Waals surface area contributed by atoms with Gasteiger partial charge in [0.25, 0.3) is 0 Å². The van der Waals surface area contributed by atoms with Crippen molar-refractivity contribution in [2.24, 2.45) is 11.8 Å². The van der Waals surface area contributed by atoms with E-state index in [1.807, 2.05) is 6.92 Å². The average molecular weight is 277 g/mol. The van der Waals surface area contributed by atoms with Gasteiger partial charge >= 0.3 is 5.69 Å². The Morgan fingerprint density at radius 2 is 1.95 bits per heavy atom. The van der Waals surface area contributed by atoms with Gasteiger partial charge in [-0.15, -0.1) is 0 Å². The molecule has 0 saturated heterocycles. The van der Waals surface area contributed by atoms with Gasteiger partial charge in [0.15, 0.2) is 0 Å². The van der Waals surface area contributed by atoms with Crippen LogP contribution in [-0.2, 0) is 0 Å². The largest absolute Gasteiger partial charge is 0.364 e. The fourth-order valence-electron chi connectivity index (χ4n) is 2.91. The van der Waals surface area contributed by atoms with Crippen LogP contribution < -0.4 is 5.32 Å². The fourth-order valence-corrected chi connectivity index (χ4v) is 2.91. The minimum atomic E-state index is -0.372. The quantitative estimate of drug-likeness (QED) is 0.654. The summed E-state index contributed by atoms with van der Waals surface area (Å²) >= 11 is 0. The van der Waals surface area contributed by atoms with Crippen LogP contribution in [0.2, 0.25) is 0 Å². The van der Waals surface area contributed by atoms with Gasteiger partial charge in [0.2, 0.25) is 5.82 Å². The predicted octanol–water partition coefficient (Wildman–Crippen LogP) is 3.93. The molecule has 1 N–H and O–H groups in total. The molecular weight excluding hydrogens is 254 g/mol. The maximum atomic E-state index is 11.0. The maximum Gasteiger partial charge on any atom is 0.311 e. The van der Waals surface area contributed by atoms with Crippen LogP contribution in [0, 0.1) is 28.9 Å². The summed E-state index contributed by atoms with van der Waals surface area (Å²) in [4.78, 5) is 14.9. The van der Waals surface area contributed by atoms with Gasteiger partial charge in [-0.3, -0.25) is 10.1 Å². The number of aryl methyl sites for hydroxylation is 1. The summed E-state index contributed by atoms with van der Waals surface area (Å²) in [6.45, 7) is 4.89. The average Bonchev–Trinajstić information content (AvgIpc) is 2.45. The van der Waals surface area contributed by atoms with E-state index in [0.29, 0.717) is 11.7 Å². The van der Waals surface area contributed by atoms with Gasteiger partial charge in [0.1, 0.15) is 0 Å². The summed E-state index contributed by atoms with van der Waals surface area (Å²) in [6.07, 6.45) is 6.26. The summed E-state index contributed by atoms with van der Waals surface area (Å²) in [5.74, 6) is 1.89. The Kier molecular flexibility index (Phi) is 4.93. The topological polar surface area (TPSA) is 68.1 Å². The summed E-state index contributed by atoms with van der Waals surface area (Å²) in [6, 6.07) is 3.20. The van der Waals surface area contributed by atoms with Crippen molar-refractivity contribution in [1.29, 1.82) is 0 Å².